The Morgan fingerprint density at radius 1 is 0.943 bits per heavy atom. The molecule has 2 aromatic carbocycles. The average molecular weight is 510 g/mol. The van der Waals surface area contributed by atoms with Crippen LogP contribution in [0.25, 0.3) is 16.6 Å². The lowest BCUT2D eigenvalue weighted by Gasteiger charge is -2.24. The van der Waals surface area contributed by atoms with Crippen LogP contribution >= 0.6 is 11.6 Å². The highest BCUT2D eigenvalue weighted by molar-refractivity contribution is 7.90. The van der Waals surface area contributed by atoms with Crippen LogP contribution in [-0.4, -0.2) is 23.9 Å². The molecule has 0 aliphatic carbocycles. The monoisotopic (exact) mass is 509 g/mol. The van der Waals surface area contributed by atoms with E-state index < -0.39 is 15.9 Å². The van der Waals surface area contributed by atoms with Crippen molar-refractivity contribution in [2.24, 2.45) is 0 Å². The number of hydrogen-bond acceptors (Lipinski definition) is 4. The summed E-state index contributed by atoms with van der Waals surface area (Å²) >= 11 is 6.36. The van der Waals surface area contributed by atoms with Crippen LogP contribution in [0.4, 0.5) is 0 Å². The Hall–Kier alpha value is -3.16. The van der Waals surface area contributed by atoms with Gasteiger partial charge in [0.25, 0.3) is 15.9 Å². The summed E-state index contributed by atoms with van der Waals surface area (Å²) in [4.78, 5) is 17.3. The van der Waals surface area contributed by atoms with Crippen LogP contribution in [0.2, 0.25) is 5.02 Å². The number of carbonyl (C=O) groups is 1. The van der Waals surface area contributed by atoms with E-state index in [4.69, 9.17) is 11.6 Å². The SMILES string of the molecule is CCc1c(C)c(CC)c(C)c(-n2c(C(=O)NS(=O)(=O)c3ccncc3)cc3ccc(Cl)cc32)c1C. The van der Waals surface area contributed by atoms with E-state index in [0.717, 1.165) is 40.6 Å². The van der Waals surface area contributed by atoms with Crippen molar-refractivity contribution >= 4 is 38.4 Å². The molecule has 4 rings (SSSR count). The fourth-order valence-corrected chi connectivity index (χ4v) is 6.15. The summed E-state index contributed by atoms with van der Waals surface area (Å²) < 4.78 is 29.9. The molecular formula is C27H28ClN3O3S. The van der Waals surface area contributed by atoms with Gasteiger partial charge in [0.15, 0.2) is 0 Å². The van der Waals surface area contributed by atoms with Crippen LogP contribution in [0.15, 0.2) is 53.7 Å². The molecule has 0 radical (unpaired) electrons. The molecular weight excluding hydrogens is 482 g/mol. The maximum Gasteiger partial charge on any atom is 0.282 e. The molecule has 0 unspecified atom stereocenters. The number of amides is 1. The number of nitrogens with zero attached hydrogens (tertiary/aromatic N) is 2. The first-order valence-electron chi connectivity index (χ1n) is 11.5. The number of sulfonamides is 1. The maximum atomic E-state index is 13.5. The van der Waals surface area contributed by atoms with Crippen molar-refractivity contribution in [2.45, 2.75) is 52.4 Å². The highest BCUT2D eigenvalue weighted by Gasteiger charge is 2.26. The number of hydrogen-bond donors (Lipinski definition) is 1. The molecule has 2 heterocycles. The summed E-state index contributed by atoms with van der Waals surface area (Å²) in [5.74, 6) is -0.718. The van der Waals surface area contributed by atoms with Crippen LogP contribution in [0, 0.1) is 20.8 Å². The standard InChI is InChI=1S/C27H28ClN3O3S/c1-6-22-16(3)23(7-2)18(5)26(17(22)4)31-24-15-20(28)9-8-19(24)14-25(31)27(32)30-35(33,34)21-10-12-29-13-11-21/h8-15H,6-7H2,1-5H3,(H,30,32). The molecule has 0 saturated carbocycles. The van der Waals surface area contributed by atoms with E-state index in [0.29, 0.717) is 5.02 Å². The smallest absolute Gasteiger partial charge is 0.282 e. The summed E-state index contributed by atoms with van der Waals surface area (Å²) in [7, 11) is -4.08. The molecule has 1 N–H and O–H groups in total. The van der Waals surface area contributed by atoms with Gasteiger partial charge in [0.05, 0.1) is 16.1 Å². The third-order valence-electron chi connectivity index (χ3n) is 6.64. The van der Waals surface area contributed by atoms with Crippen molar-refractivity contribution in [3.63, 3.8) is 0 Å². The van der Waals surface area contributed by atoms with Crippen LogP contribution in [0.3, 0.4) is 0 Å². The van der Waals surface area contributed by atoms with Crippen molar-refractivity contribution in [2.75, 3.05) is 0 Å². The van der Waals surface area contributed by atoms with Crippen LogP contribution in [0.1, 0.15) is 52.2 Å². The number of nitrogens with one attached hydrogen (secondary N) is 1. The molecule has 8 heteroatoms. The number of aromatic nitrogens is 2. The van der Waals surface area contributed by atoms with Gasteiger partial charge in [-0.1, -0.05) is 31.5 Å². The van der Waals surface area contributed by atoms with E-state index in [1.807, 2.05) is 10.6 Å². The van der Waals surface area contributed by atoms with Gasteiger partial charge in [-0.3, -0.25) is 9.78 Å². The van der Waals surface area contributed by atoms with Crippen molar-refractivity contribution in [1.82, 2.24) is 14.3 Å². The second-order valence-corrected chi connectivity index (χ2v) is 10.7. The van der Waals surface area contributed by atoms with E-state index in [2.05, 4.69) is 44.3 Å². The molecule has 0 aliphatic rings. The van der Waals surface area contributed by atoms with E-state index in [-0.39, 0.29) is 10.6 Å². The first-order chi connectivity index (χ1) is 16.6. The number of rotatable bonds is 6. The molecule has 0 aliphatic heterocycles. The Kier molecular flexibility index (Phi) is 6.75. The van der Waals surface area contributed by atoms with Gasteiger partial charge in [0.2, 0.25) is 0 Å². The van der Waals surface area contributed by atoms with Gasteiger partial charge in [0.1, 0.15) is 5.69 Å². The molecule has 0 atom stereocenters. The quantitative estimate of drug-likeness (QED) is 0.353. The Balaban J connectivity index is 2.00. The van der Waals surface area contributed by atoms with Gasteiger partial charge in [-0.25, -0.2) is 13.1 Å². The Morgan fingerprint density at radius 3 is 2.11 bits per heavy atom. The van der Waals surface area contributed by atoms with Crippen LogP contribution < -0.4 is 4.72 Å². The third kappa shape index (κ3) is 4.34. The Morgan fingerprint density at radius 2 is 1.54 bits per heavy atom. The topological polar surface area (TPSA) is 81.1 Å². The van der Waals surface area contributed by atoms with E-state index in [1.54, 1.807) is 18.2 Å². The highest BCUT2D eigenvalue weighted by Crippen LogP contribution is 2.35. The zero-order valence-corrected chi connectivity index (χ0v) is 22.0. The Bertz CT molecular complexity index is 1530. The predicted octanol–water partition coefficient (Wildman–Crippen LogP) is 5.85. The number of halogens is 1. The second kappa shape index (κ2) is 9.47. The maximum absolute atomic E-state index is 13.5. The van der Waals surface area contributed by atoms with Crippen LogP contribution in [-0.2, 0) is 22.9 Å². The molecule has 1 amide bonds. The molecule has 0 bridgehead atoms. The molecule has 2 aromatic heterocycles. The fourth-order valence-electron chi connectivity index (χ4n) is 5.04. The minimum absolute atomic E-state index is 0.0317. The lowest BCUT2D eigenvalue weighted by Crippen LogP contribution is -2.32. The Labute approximate surface area is 211 Å². The lowest BCUT2D eigenvalue weighted by molar-refractivity contribution is 0.0975. The molecule has 35 heavy (non-hydrogen) atoms. The van der Waals surface area contributed by atoms with Gasteiger partial charge < -0.3 is 4.57 Å². The van der Waals surface area contributed by atoms with Crippen molar-refractivity contribution in [3.8, 4) is 5.69 Å². The molecule has 4 aromatic rings. The van der Waals surface area contributed by atoms with Crippen LogP contribution in [0.5, 0.6) is 0 Å². The largest absolute Gasteiger partial charge is 0.304 e. The zero-order chi connectivity index (χ0) is 25.5. The minimum atomic E-state index is -4.08. The number of benzene rings is 2. The lowest BCUT2D eigenvalue weighted by atomic mass is 9.88. The van der Waals surface area contributed by atoms with Gasteiger partial charge >= 0.3 is 0 Å². The summed E-state index contributed by atoms with van der Waals surface area (Å²) in [6.45, 7) is 10.5. The molecule has 0 spiro atoms. The van der Waals surface area contributed by atoms with E-state index in [9.17, 15) is 13.2 Å². The first kappa shape index (κ1) is 24.9. The van der Waals surface area contributed by atoms with Gasteiger partial charge in [0, 0.05) is 22.8 Å². The first-order valence-corrected chi connectivity index (χ1v) is 13.4. The second-order valence-electron chi connectivity index (χ2n) is 8.57. The number of carbonyl (C=O) groups excluding carboxylic acids is 1. The molecule has 0 fully saturated rings. The highest BCUT2D eigenvalue weighted by atomic mass is 35.5. The minimum Gasteiger partial charge on any atom is -0.304 e. The zero-order valence-electron chi connectivity index (χ0n) is 20.4. The van der Waals surface area contributed by atoms with Crippen molar-refractivity contribution in [3.05, 3.63) is 87.3 Å². The molecule has 182 valence electrons. The van der Waals surface area contributed by atoms with Gasteiger partial charge in [-0.15, -0.1) is 0 Å². The number of fused-ring (bicyclic) bond motifs is 1. The van der Waals surface area contributed by atoms with E-state index in [1.165, 1.54) is 41.2 Å². The normalized spacial score (nSPS) is 11.7. The van der Waals surface area contributed by atoms with E-state index >= 15 is 0 Å². The fraction of sp³-hybridized carbons (Fsp3) is 0.259. The number of pyridine rings is 1. The van der Waals surface area contributed by atoms with Gasteiger partial charge in [-0.2, -0.15) is 0 Å². The summed E-state index contributed by atoms with van der Waals surface area (Å²) in [5, 5.41) is 1.32. The summed E-state index contributed by atoms with van der Waals surface area (Å²) in [6.07, 6.45) is 4.43. The predicted molar refractivity (Wildman–Crippen MR) is 140 cm³/mol. The van der Waals surface area contributed by atoms with Gasteiger partial charge in [-0.05, 0) is 91.8 Å². The molecule has 0 saturated heterocycles. The molecule has 6 nitrogen and oxygen atoms in total. The van der Waals surface area contributed by atoms with Crippen molar-refractivity contribution < 1.29 is 13.2 Å². The third-order valence-corrected chi connectivity index (χ3v) is 8.22. The summed E-state index contributed by atoms with van der Waals surface area (Å²) in [6, 6.07) is 9.80. The van der Waals surface area contributed by atoms with Crippen molar-refractivity contribution in [1.29, 1.82) is 0 Å². The average Bonchev–Trinajstić information content (AvgIpc) is 3.18. The summed E-state index contributed by atoms with van der Waals surface area (Å²) in [5.41, 5.74) is 7.67.